The van der Waals surface area contributed by atoms with Crippen LogP contribution in [0.5, 0.6) is 0 Å². The molecule has 9 heteroatoms. The van der Waals surface area contributed by atoms with E-state index in [1.54, 1.807) is 18.5 Å². The van der Waals surface area contributed by atoms with Crippen LogP contribution in [0.15, 0.2) is 52.3 Å². The van der Waals surface area contributed by atoms with Crippen molar-refractivity contribution < 1.29 is 14.0 Å². The summed E-state index contributed by atoms with van der Waals surface area (Å²) in [7, 11) is 0. The van der Waals surface area contributed by atoms with Crippen LogP contribution in [-0.2, 0) is 10.5 Å². The normalized spacial score (nSPS) is 15.5. The van der Waals surface area contributed by atoms with Gasteiger partial charge < -0.3 is 14.6 Å². The Hall–Kier alpha value is -2.91. The summed E-state index contributed by atoms with van der Waals surface area (Å²) in [5.41, 5.74) is 1.56. The van der Waals surface area contributed by atoms with Gasteiger partial charge in [-0.15, -0.1) is 0 Å². The third-order valence-corrected chi connectivity index (χ3v) is 6.73. The molecule has 174 valence electrons. The summed E-state index contributed by atoms with van der Waals surface area (Å²) in [6, 6.07) is 9.66. The predicted octanol–water partition coefficient (Wildman–Crippen LogP) is 3.19. The molecule has 1 aliphatic heterocycles. The van der Waals surface area contributed by atoms with Crippen LogP contribution in [0.2, 0.25) is 0 Å². The highest BCUT2D eigenvalue weighted by Crippen LogP contribution is 2.32. The first kappa shape index (κ1) is 23.3. The van der Waals surface area contributed by atoms with Gasteiger partial charge in [-0.3, -0.25) is 14.5 Å². The first-order valence-corrected chi connectivity index (χ1v) is 12.2. The second kappa shape index (κ2) is 10.8. The molecule has 3 heterocycles. The van der Waals surface area contributed by atoms with E-state index in [1.807, 2.05) is 43.0 Å². The minimum Gasteiger partial charge on any atom is -0.451 e. The molecule has 0 bridgehead atoms. The van der Waals surface area contributed by atoms with Crippen molar-refractivity contribution in [2.45, 2.75) is 37.2 Å². The van der Waals surface area contributed by atoms with Gasteiger partial charge in [0.2, 0.25) is 5.91 Å². The number of hydrogen-bond donors (Lipinski definition) is 1. The second-order valence-corrected chi connectivity index (χ2v) is 9.11. The molecule has 0 spiro atoms. The smallest absolute Gasteiger partial charge is 0.290 e. The Bertz CT molecular complexity index is 1100. The Morgan fingerprint density at radius 3 is 2.58 bits per heavy atom. The number of carbonyl (C=O) groups is 2. The molecule has 1 atom stereocenters. The van der Waals surface area contributed by atoms with Crippen molar-refractivity contribution in [1.29, 1.82) is 0 Å². The maximum Gasteiger partial charge on any atom is 0.290 e. The number of para-hydroxylation sites is 1. The number of nitrogens with one attached hydrogen (secondary N) is 1. The molecule has 1 aliphatic rings. The number of fused-ring (bicyclic) bond motifs is 1. The standard InChI is InChI=1S/C24H29N5O3S/c1-3-17(2)27-21(30)15-28-11-13-29(14-12-28)23(31)22-19(16-33-24-25-9-6-10-26-24)18-7-4-5-8-20(18)32-22/h4-10,17H,3,11-16H2,1-2H3,(H,27,30). The fraction of sp³-hybridized carbons (Fsp3) is 0.417. The third kappa shape index (κ3) is 5.72. The number of furan rings is 1. The number of piperazine rings is 1. The molecular formula is C24H29N5O3S. The molecule has 1 fully saturated rings. The van der Waals surface area contributed by atoms with E-state index >= 15 is 0 Å². The van der Waals surface area contributed by atoms with Gasteiger partial charge in [0.1, 0.15) is 5.58 Å². The molecule has 0 radical (unpaired) electrons. The molecule has 1 saturated heterocycles. The molecule has 8 nitrogen and oxygen atoms in total. The molecule has 0 aliphatic carbocycles. The number of nitrogens with zero attached hydrogens (tertiary/aromatic N) is 4. The Balaban J connectivity index is 1.43. The Kier molecular flexibility index (Phi) is 7.61. The van der Waals surface area contributed by atoms with Crippen LogP contribution in [0.3, 0.4) is 0 Å². The number of benzene rings is 1. The van der Waals surface area contributed by atoms with Crippen molar-refractivity contribution in [2.24, 2.45) is 0 Å². The quantitative estimate of drug-likeness (QED) is 0.402. The number of carbonyl (C=O) groups excluding carboxylic acids is 2. The van der Waals surface area contributed by atoms with Crippen LogP contribution < -0.4 is 5.32 Å². The van der Waals surface area contributed by atoms with E-state index < -0.39 is 0 Å². The van der Waals surface area contributed by atoms with Crippen LogP contribution in [0.1, 0.15) is 36.4 Å². The number of rotatable bonds is 8. The molecular weight excluding hydrogens is 438 g/mol. The molecule has 2 amide bonds. The van der Waals surface area contributed by atoms with Crippen molar-refractivity contribution >= 4 is 34.5 Å². The fourth-order valence-corrected chi connectivity index (χ4v) is 4.62. The molecule has 33 heavy (non-hydrogen) atoms. The average Bonchev–Trinajstić information content (AvgIpc) is 3.22. The molecule has 2 aromatic heterocycles. The van der Waals surface area contributed by atoms with Gasteiger partial charge in [-0.25, -0.2) is 9.97 Å². The molecule has 4 rings (SSSR count). The van der Waals surface area contributed by atoms with Gasteiger partial charge in [0.15, 0.2) is 10.9 Å². The largest absolute Gasteiger partial charge is 0.451 e. The minimum absolute atomic E-state index is 0.0313. The average molecular weight is 468 g/mol. The predicted molar refractivity (Wildman–Crippen MR) is 128 cm³/mol. The Morgan fingerprint density at radius 2 is 1.85 bits per heavy atom. The summed E-state index contributed by atoms with van der Waals surface area (Å²) in [6.07, 6.45) is 4.32. The lowest BCUT2D eigenvalue weighted by molar-refractivity contribution is -0.123. The summed E-state index contributed by atoms with van der Waals surface area (Å²) in [5, 5.41) is 4.59. The lowest BCUT2D eigenvalue weighted by Crippen LogP contribution is -2.51. The number of aromatic nitrogens is 2. The molecule has 3 aromatic rings. The SMILES string of the molecule is CCC(C)NC(=O)CN1CCN(C(=O)c2oc3ccccc3c2CSc2ncccn2)CC1. The minimum atomic E-state index is -0.112. The van der Waals surface area contributed by atoms with Gasteiger partial charge in [-0.2, -0.15) is 0 Å². The van der Waals surface area contributed by atoms with Gasteiger partial charge in [0.05, 0.1) is 6.54 Å². The molecule has 1 unspecified atom stereocenters. The molecule has 0 saturated carbocycles. The summed E-state index contributed by atoms with van der Waals surface area (Å²) in [4.78, 5) is 38.0. The zero-order valence-corrected chi connectivity index (χ0v) is 19.8. The summed E-state index contributed by atoms with van der Waals surface area (Å²) in [6.45, 7) is 6.83. The van der Waals surface area contributed by atoms with E-state index in [2.05, 4.69) is 20.2 Å². The van der Waals surface area contributed by atoms with Crippen molar-refractivity contribution in [3.63, 3.8) is 0 Å². The van der Waals surface area contributed by atoms with E-state index in [0.29, 0.717) is 55.0 Å². The maximum absolute atomic E-state index is 13.4. The van der Waals surface area contributed by atoms with Gasteiger partial charge in [-0.1, -0.05) is 36.9 Å². The highest BCUT2D eigenvalue weighted by Gasteiger charge is 2.28. The van der Waals surface area contributed by atoms with Gasteiger partial charge in [0, 0.05) is 61.3 Å². The summed E-state index contributed by atoms with van der Waals surface area (Å²) < 4.78 is 6.03. The zero-order valence-electron chi connectivity index (χ0n) is 19.0. The van der Waals surface area contributed by atoms with Crippen molar-refractivity contribution in [2.75, 3.05) is 32.7 Å². The van der Waals surface area contributed by atoms with Crippen molar-refractivity contribution in [1.82, 2.24) is 25.1 Å². The van der Waals surface area contributed by atoms with Crippen molar-refractivity contribution in [3.8, 4) is 0 Å². The van der Waals surface area contributed by atoms with Crippen molar-refractivity contribution in [3.05, 3.63) is 54.0 Å². The van der Waals surface area contributed by atoms with Crippen LogP contribution in [0.25, 0.3) is 11.0 Å². The third-order valence-electron chi connectivity index (χ3n) is 5.83. The van der Waals surface area contributed by atoms with E-state index in [1.165, 1.54) is 11.8 Å². The zero-order chi connectivity index (χ0) is 23.2. The van der Waals surface area contributed by atoms with Gasteiger partial charge in [0.25, 0.3) is 5.91 Å². The Morgan fingerprint density at radius 1 is 1.12 bits per heavy atom. The highest BCUT2D eigenvalue weighted by molar-refractivity contribution is 7.98. The van der Waals surface area contributed by atoms with Crippen LogP contribution in [0, 0.1) is 0 Å². The monoisotopic (exact) mass is 467 g/mol. The Labute approximate surface area is 197 Å². The first-order chi connectivity index (χ1) is 16.0. The molecule has 1 aromatic carbocycles. The van der Waals surface area contributed by atoms with E-state index in [9.17, 15) is 9.59 Å². The lowest BCUT2D eigenvalue weighted by atomic mass is 10.1. The summed E-state index contributed by atoms with van der Waals surface area (Å²) >= 11 is 1.48. The van der Waals surface area contributed by atoms with E-state index in [-0.39, 0.29) is 17.9 Å². The van der Waals surface area contributed by atoms with Crippen LogP contribution in [0.4, 0.5) is 0 Å². The maximum atomic E-state index is 13.4. The number of amides is 2. The summed E-state index contributed by atoms with van der Waals surface area (Å²) in [5.74, 6) is 0.837. The number of thioether (sulfide) groups is 1. The second-order valence-electron chi connectivity index (χ2n) is 8.17. The first-order valence-electron chi connectivity index (χ1n) is 11.3. The van der Waals surface area contributed by atoms with Crippen LogP contribution >= 0.6 is 11.8 Å². The topological polar surface area (TPSA) is 91.6 Å². The van der Waals surface area contributed by atoms with E-state index in [4.69, 9.17) is 4.42 Å². The van der Waals surface area contributed by atoms with Gasteiger partial charge in [-0.05, 0) is 25.5 Å². The van der Waals surface area contributed by atoms with Gasteiger partial charge >= 0.3 is 0 Å². The van der Waals surface area contributed by atoms with Crippen LogP contribution in [-0.4, -0.2) is 70.3 Å². The number of hydrogen-bond acceptors (Lipinski definition) is 7. The fourth-order valence-electron chi connectivity index (χ4n) is 3.79. The highest BCUT2D eigenvalue weighted by atomic mass is 32.2. The lowest BCUT2D eigenvalue weighted by Gasteiger charge is -2.34. The van der Waals surface area contributed by atoms with E-state index in [0.717, 1.165) is 17.4 Å². The molecule has 1 N–H and O–H groups in total.